The summed E-state index contributed by atoms with van der Waals surface area (Å²) < 4.78 is 47.4. The van der Waals surface area contributed by atoms with E-state index in [1.807, 2.05) is 32.0 Å². The van der Waals surface area contributed by atoms with E-state index >= 15 is 0 Å². The highest BCUT2D eigenvalue weighted by Crippen LogP contribution is 2.37. The van der Waals surface area contributed by atoms with Gasteiger partial charge in [-0.25, -0.2) is 4.98 Å². The van der Waals surface area contributed by atoms with E-state index in [0.29, 0.717) is 30.7 Å². The quantitative estimate of drug-likeness (QED) is 0.397. The van der Waals surface area contributed by atoms with Gasteiger partial charge in [0.2, 0.25) is 11.9 Å². The molecule has 12 heteroatoms. The lowest BCUT2D eigenvalue weighted by Crippen LogP contribution is -2.49. The molecule has 9 nitrogen and oxygen atoms in total. The van der Waals surface area contributed by atoms with Crippen molar-refractivity contribution in [3.8, 4) is 5.75 Å². The van der Waals surface area contributed by atoms with Crippen molar-refractivity contribution in [3.63, 3.8) is 0 Å². The van der Waals surface area contributed by atoms with Crippen LogP contribution in [0.2, 0.25) is 0 Å². The van der Waals surface area contributed by atoms with Crippen LogP contribution in [0.3, 0.4) is 0 Å². The van der Waals surface area contributed by atoms with Crippen molar-refractivity contribution < 1.29 is 22.7 Å². The van der Waals surface area contributed by atoms with Crippen molar-refractivity contribution in [1.82, 2.24) is 20.2 Å². The Morgan fingerprint density at radius 1 is 1.12 bits per heavy atom. The number of nitrogens with zero attached hydrogens (tertiary/aromatic N) is 4. The number of hydrogen-bond donors (Lipinski definition) is 3. The highest BCUT2D eigenvalue weighted by molar-refractivity contribution is 5.76. The molecule has 1 amide bonds. The maximum Gasteiger partial charge on any atom is 0.421 e. The lowest BCUT2D eigenvalue weighted by Gasteiger charge is -2.34. The topological polar surface area (TPSA) is 94.6 Å². The van der Waals surface area contributed by atoms with Gasteiger partial charge in [-0.3, -0.25) is 4.79 Å². The zero-order valence-corrected chi connectivity index (χ0v) is 23.6. The molecule has 2 fully saturated rings. The Labute approximate surface area is 233 Å². The van der Waals surface area contributed by atoms with Crippen molar-refractivity contribution in [3.05, 3.63) is 30.0 Å². The smallest absolute Gasteiger partial charge is 0.421 e. The van der Waals surface area contributed by atoms with Gasteiger partial charge in [-0.05, 0) is 37.9 Å². The van der Waals surface area contributed by atoms with Gasteiger partial charge < -0.3 is 30.5 Å². The van der Waals surface area contributed by atoms with Crippen LogP contribution in [0.5, 0.6) is 5.75 Å². The van der Waals surface area contributed by atoms with E-state index < -0.39 is 11.7 Å². The van der Waals surface area contributed by atoms with E-state index in [9.17, 15) is 18.0 Å². The van der Waals surface area contributed by atoms with Crippen molar-refractivity contribution in [2.24, 2.45) is 5.92 Å². The van der Waals surface area contributed by atoms with Gasteiger partial charge in [0.25, 0.3) is 0 Å². The number of methoxy groups -OCH3 is 1. The van der Waals surface area contributed by atoms with Crippen LogP contribution in [0.4, 0.5) is 36.3 Å². The molecule has 220 valence electrons. The number of ether oxygens (including phenoxy) is 1. The first-order valence-electron chi connectivity index (χ1n) is 13.9. The predicted molar refractivity (Wildman–Crippen MR) is 150 cm³/mol. The van der Waals surface area contributed by atoms with E-state index in [1.54, 1.807) is 7.11 Å². The summed E-state index contributed by atoms with van der Waals surface area (Å²) in [6, 6.07) is 5.01. The number of carbonyl (C=O) groups excluding carboxylic acids is 1. The molecule has 0 radical (unpaired) electrons. The maximum atomic E-state index is 13.9. The van der Waals surface area contributed by atoms with Crippen LogP contribution >= 0.6 is 0 Å². The van der Waals surface area contributed by atoms with Crippen LogP contribution in [0, 0.1) is 5.92 Å². The average Bonchev–Trinajstić information content (AvgIpc) is 2.89. The minimum absolute atomic E-state index is 0.0114. The number of amides is 1. The Hall–Kier alpha value is -3.28. The summed E-state index contributed by atoms with van der Waals surface area (Å²) in [5, 5.41) is 9.06. The van der Waals surface area contributed by atoms with Gasteiger partial charge in [-0.15, -0.1) is 0 Å². The number of piperazine rings is 1. The fraction of sp³-hybridized carbons (Fsp3) is 0.607. The summed E-state index contributed by atoms with van der Waals surface area (Å²) in [7, 11) is 3.64. The molecule has 1 saturated carbocycles. The standard InChI is InChI=1S/C28H40F3N7O2/c1-18(2)15-25(39)33-21-7-5-6-8-22(21)34-26-20(28(29,30)31)17-32-27(36-26)35-23-10-9-19(16-24(23)40-4)38-13-11-37(3)12-14-38/h9-10,16-18,21-22H,5-8,11-15H2,1-4H3,(H,33,39)(H2,32,34,35,36)/t21-,22-/m1/s1. The van der Waals surface area contributed by atoms with Gasteiger partial charge in [-0.2, -0.15) is 18.2 Å². The second-order valence-electron chi connectivity index (χ2n) is 11.1. The molecule has 1 aliphatic carbocycles. The first-order chi connectivity index (χ1) is 19.0. The molecule has 2 aromatic rings. The number of carbonyl (C=O) groups is 1. The highest BCUT2D eigenvalue weighted by Gasteiger charge is 2.37. The Morgan fingerprint density at radius 3 is 2.48 bits per heavy atom. The van der Waals surface area contributed by atoms with Crippen LogP contribution in [0.1, 0.15) is 51.5 Å². The zero-order chi connectivity index (χ0) is 28.9. The lowest BCUT2D eigenvalue weighted by atomic mass is 9.90. The summed E-state index contributed by atoms with van der Waals surface area (Å²) in [5.41, 5.74) is 0.602. The lowest BCUT2D eigenvalue weighted by molar-refractivity contribution is -0.137. The number of halogens is 3. The Morgan fingerprint density at radius 2 is 1.82 bits per heavy atom. The minimum atomic E-state index is -4.65. The monoisotopic (exact) mass is 563 g/mol. The van der Waals surface area contributed by atoms with Gasteiger partial charge in [-0.1, -0.05) is 26.7 Å². The van der Waals surface area contributed by atoms with Crippen molar-refractivity contribution >= 4 is 29.0 Å². The zero-order valence-electron chi connectivity index (χ0n) is 23.6. The van der Waals surface area contributed by atoms with E-state index in [-0.39, 0.29) is 35.7 Å². The second kappa shape index (κ2) is 12.9. The third-order valence-electron chi connectivity index (χ3n) is 7.42. The number of nitrogens with one attached hydrogen (secondary N) is 3. The van der Waals surface area contributed by atoms with E-state index in [2.05, 4.69) is 42.8 Å². The molecular formula is C28H40F3N7O2. The van der Waals surface area contributed by atoms with E-state index in [4.69, 9.17) is 4.74 Å². The second-order valence-corrected chi connectivity index (χ2v) is 11.1. The highest BCUT2D eigenvalue weighted by atomic mass is 19.4. The third kappa shape index (κ3) is 7.67. The molecular weight excluding hydrogens is 523 g/mol. The summed E-state index contributed by atoms with van der Waals surface area (Å²) in [4.78, 5) is 25.2. The van der Waals surface area contributed by atoms with Crippen molar-refractivity contribution in [2.75, 3.05) is 55.9 Å². The number of aromatic nitrogens is 2. The largest absolute Gasteiger partial charge is 0.494 e. The number of benzene rings is 1. The van der Waals surface area contributed by atoms with Crippen molar-refractivity contribution in [2.45, 2.75) is 64.2 Å². The minimum Gasteiger partial charge on any atom is -0.494 e. The molecule has 1 saturated heterocycles. The van der Waals surface area contributed by atoms with Crippen LogP contribution in [-0.4, -0.2) is 73.2 Å². The molecule has 0 spiro atoms. The van der Waals surface area contributed by atoms with Gasteiger partial charge >= 0.3 is 6.18 Å². The number of rotatable bonds is 9. The Balaban J connectivity index is 1.55. The van der Waals surface area contributed by atoms with Gasteiger partial charge in [0.15, 0.2) is 0 Å². The molecule has 2 atom stereocenters. The molecule has 1 aromatic heterocycles. The number of alkyl halides is 3. The van der Waals surface area contributed by atoms with Gasteiger partial charge in [0.1, 0.15) is 17.1 Å². The Kier molecular flexibility index (Phi) is 9.60. The Bertz CT molecular complexity index is 1150. The number of hydrogen-bond acceptors (Lipinski definition) is 8. The van der Waals surface area contributed by atoms with E-state index in [1.165, 1.54) is 0 Å². The summed E-state index contributed by atoms with van der Waals surface area (Å²) in [6.07, 6.45) is -0.423. The number of likely N-dealkylation sites (N-methyl/N-ethyl adjacent to an activating group) is 1. The predicted octanol–water partition coefficient (Wildman–Crippen LogP) is 4.88. The first-order valence-corrected chi connectivity index (χ1v) is 13.9. The average molecular weight is 564 g/mol. The SMILES string of the molecule is COc1cc(N2CCN(C)CC2)ccc1Nc1ncc(C(F)(F)F)c(N[C@@H]2CCCC[C@H]2NC(=O)CC(C)C)n1. The first kappa shape index (κ1) is 29.7. The van der Waals surface area contributed by atoms with Crippen LogP contribution in [0.25, 0.3) is 0 Å². The molecule has 1 aromatic carbocycles. The van der Waals surface area contributed by atoms with E-state index in [0.717, 1.165) is 50.9 Å². The molecule has 2 heterocycles. The molecule has 0 unspecified atom stereocenters. The normalized spacial score (nSPS) is 20.4. The van der Waals surface area contributed by atoms with Crippen molar-refractivity contribution in [1.29, 1.82) is 0 Å². The van der Waals surface area contributed by atoms with Gasteiger partial charge in [0, 0.05) is 62.6 Å². The number of anilines is 4. The molecule has 4 rings (SSSR count). The fourth-order valence-corrected chi connectivity index (χ4v) is 5.21. The summed E-state index contributed by atoms with van der Waals surface area (Å²) >= 11 is 0. The van der Waals surface area contributed by atoms with Crippen LogP contribution in [-0.2, 0) is 11.0 Å². The molecule has 2 aliphatic rings. The maximum absolute atomic E-state index is 13.9. The molecule has 3 N–H and O–H groups in total. The molecule has 40 heavy (non-hydrogen) atoms. The van der Waals surface area contributed by atoms with Crippen LogP contribution < -0.4 is 25.6 Å². The fourth-order valence-electron chi connectivity index (χ4n) is 5.21. The molecule has 1 aliphatic heterocycles. The third-order valence-corrected chi connectivity index (χ3v) is 7.42. The summed E-state index contributed by atoms with van der Waals surface area (Å²) in [6.45, 7) is 7.61. The van der Waals surface area contributed by atoms with Crippen LogP contribution in [0.15, 0.2) is 24.4 Å². The summed E-state index contributed by atoms with van der Waals surface area (Å²) in [5.74, 6) is 0.330. The molecule has 0 bridgehead atoms. The van der Waals surface area contributed by atoms with Gasteiger partial charge in [0.05, 0.1) is 12.8 Å².